The van der Waals surface area contributed by atoms with Crippen molar-refractivity contribution in [3.05, 3.63) is 71.2 Å². The number of aliphatic imine (C=N–C) groups is 2. The number of ether oxygens (including phenoxy) is 1. The molecular weight excluding hydrogens is 399 g/mol. The van der Waals surface area contributed by atoms with Gasteiger partial charge in [0.15, 0.2) is 11.6 Å². The molecule has 5 nitrogen and oxygen atoms in total. The summed E-state index contributed by atoms with van der Waals surface area (Å²) < 4.78 is 23.4. The number of nitrogens with one attached hydrogen (secondary N) is 2. The molecule has 1 aliphatic heterocycles. The maximum Gasteiger partial charge on any atom is 0.206 e. The Kier molecular flexibility index (Phi) is 6.38. The highest BCUT2D eigenvalue weighted by Gasteiger charge is 2.22. The zero-order valence-corrected chi connectivity index (χ0v) is 16.7. The van der Waals surface area contributed by atoms with Crippen molar-refractivity contribution in [2.75, 3.05) is 11.9 Å². The number of anilines is 1. The summed E-state index contributed by atoms with van der Waals surface area (Å²) in [5, 5.41) is 3.47. The number of nitrogens with zero attached hydrogens (tertiary/aromatic N) is 2. The van der Waals surface area contributed by atoms with Crippen LogP contribution in [0.25, 0.3) is 0 Å². The number of hydrogen-bond donors (Lipinski definition) is 2. The molecule has 0 spiro atoms. The number of guanidine groups is 1. The van der Waals surface area contributed by atoms with Gasteiger partial charge in [-0.1, -0.05) is 36.4 Å². The number of halogens is 2. The Hall–Kier alpha value is -2.77. The Bertz CT molecular complexity index is 990. The second-order valence-corrected chi connectivity index (χ2v) is 7.02. The maximum atomic E-state index is 14.5. The average Bonchev–Trinajstić information content (AvgIpc) is 2.71. The molecule has 0 unspecified atom stereocenters. The summed E-state index contributed by atoms with van der Waals surface area (Å²) >= 11 is 7.45. The number of rotatable bonds is 6. The van der Waals surface area contributed by atoms with Crippen molar-refractivity contribution in [1.29, 1.82) is 0 Å². The van der Waals surface area contributed by atoms with Crippen LogP contribution in [0.1, 0.15) is 6.92 Å². The molecule has 0 fully saturated rings. The van der Waals surface area contributed by atoms with Crippen LogP contribution < -0.4 is 14.8 Å². The van der Waals surface area contributed by atoms with E-state index in [9.17, 15) is 4.39 Å². The van der Waals surface area contributed by atoms with Crippen LogP contribution >= 0.6 is 23.5 Å². The third-order valence-corrected chi connectivity index (χ3v) is 5.13. The van der Waals surface area contributed by atoms with Crippen LogP contribution in [-0.4, -0.2) is 19.2 Å². The van der Waals surface area contributed by atoms with Crippen molar-refractivity contribution in [2.24, 2.45) is 9.98 Å². The first-order valence-electron chi connectivity index (χ1n) is 8.31. The smallest absolute Gasteiger partial charge is 0.206 e. The fourth-order valence-corrected chi connectivity index (χ4v) is 3.25. The van der Waals surface area contributed by atoms with Crippen molar-refractivity contribution in [3.8, 4) is 11.5 Å². The minimum atomic E-state index is -0.510. The second-order valence-electron chi connectivity index (χ2n) is 5.77. The molecule has 3 rings (SSSR count). The Morgan fingerprint density at radius 2 is 2.11 bits per heavy atom. The molecule has 144 valence electrons. The van der Waals surface area contributed by atoms with Gasteiger partial charge in [0.25, 0.3) is 0 Å². The van der Waals surface area contributed by atoms with Gasteiger partial charge in [-0.2, -0.15) is 0 Å². The van der Waals surface area contributed by atoms with Crippen LogP contribution in [0.15, 0.2) is 75.2 Å². The number of hydrogen-bond acceptors (Lipinski definition) is 4. The van der Waals surface area contributed by atoms with E-state index in [1.807, 2.05) is 6.92 Å². The van der Waals surface area contributed by atoms with Gasteiger partial charge in [0, 0.05) is 0 Å². The van der Waals surface area contributed by atoms with E-state index in [0.717, 1.165) is 10.5 Å². The number of benzene rings is 2. The summed E-state index contributed by atoms with van der Waals surface area (Å²) in [7, 11) is 0. The van der Waals surface area contributed by atoms with Gasteiger partial charge in [-0.3, -0.25) is 9.71 Å². The molecule has 0 aromatic heterocycles. The largest absolute Gasteiger partial charge is 0.450 e. The van der Waals surface area contributed by atoms with E-state index in [1.54, 1.807) is 36.4 Å². The summed E-state index contributed by atoms with van der Waals surface area (Å²) in [6, 6.07) is 9.90. The van der Waals surface area contributed by atoms with Crippen LogP contribution in [0.2, 0.25) is 5.02 Å². The molecular formula is C20H18ClFN4OS. The Balaban J connectivity index is 1.90. The maximum absolute atomic E-state index is 14.5. The third-order valence-electron chi connectivity index (χ3n) is 3.96. The molecule has 0 saturated heterocycles. The van der Waals surface area contributed by atoms with Gasteiger partial charge in [0.1, 0.15) is 11.4 Å². The van der Waals surface area contributed by atoms with Crippen molar-refractivity contribution >= 4 is 41.9 Å². The van der Waals surface area contributed by atoms with Crippen molar-refractivity contribution < 1.29 is 9.13 Å². The summed E-state index contributed by atoms with van der Waals surface area (Å²) in [6.45, 7) is 9.46. The van der Waals surface area contributed by atoms with E-state index in [-0.39, 0.29) is 5.75 Å². The Morgan fingerprint density at radius 3 is 2.82 bits per heavy atom. The molecule has 0 amide bonds. The number of allylic oxidation sites excluding steroid dienone is 2. The first-order chi connectivity index (χ1) is 13.5. The molecule has 0 atom stereocenters. The Labute approximate surface area is 172 Å². The van der Waals surface area contributed by atoms with Crippen LogP contribution in [0.5, 0.6) is 11.5 Å². The first-order valence-corrected chi connectivity index (χ1v) is 9.51. The molecule has 1 aliphatic rings. The molecule has 2 aromatic rings. The van der Waals surface area contributed by atoms with Gasteiger partial charge in [-0.25, -0.2) is 9.38 Å². The van der Waals surface area contributed by atoms with Crippen molar-refractivity contribution in [3.63, 3.8) is 0 Å². The fourth-order valence-electron chi connectivity index (χ4n) is 2.37. The van der Waals surface area contributed by atoms with Crippen LogP contribution in [-0.2, 0) is 0 Å². The third kappa shape index (κ3) is 4.37. The molecule has 8 heteroatoms. The quantitative estimate of drug-likeness (QED) is 0.354. The molecule has 0 aliphatic carbocycles. The lowest BCUT2D eigenvalue weighted by Gasteiger charge is -2.23. The SMILES string of the molecule is C=C/C(C)=C(/CN=C1NSc2ccc(F)c(Oc3ccccc3Cl)c2N1)N=C. The van der Waals surface area contributed by atoms with Crippen LogP contribution in [0.3, 0.4) is 0 Å². The lowest BCUT2D eigenvalue weighted by atomic mass is 10.2. The summed E-state index contributed by atoms with van der Waals surface area (Å²) in [4.78, 5) is 9.19. The number of para-hydroxylation sites is 1. The zero-order valence-electron chi connectivity index (χ0n) is 15.1. The molecule has 2 N–H and O–H groups in total. The van der Waals surface area contributed by atoms with E-state index >= 15 is 0 Å². The molecule has 1 heterocycles. The lowest BCUT2D eigenvalue weighted by Crippen LogP contribution is -2.30. The highest BCUT2D eigenvalue weighted by atomic mass is 35.5. The van der Waals surface area contributed by atoms with Gasteiger partial charge >= 0.3 is 0 Å². The van der Waals surface area contributed by atoms with Gasteiger partial charge in [0.2, 0.25) is 5.96 Å². The van der Waals surface area contributed by atoms with Crippen molar-refractivity contribution in [1.82, 2.24) is 4.72 Å². The fraction of sp³-hybridized carbons (Fsp3) is 0.100. The minimum Gasteiger partial charge on any atom is -0.450 e. The standard InChI is InChI=1S/C20H18ClFN4OS/c1-4-12(2)15(23-3)11-24-20-25-18-17(28-26-20)10-9-14(22)19(18)27-16-8-6-5-7-13(16)21/h4-10H,1,3,11H2,2H3,(H2,24,25,26)/b15-12-. The Morgan fingerprint density at radius 1 is 1.32 bits per heavy atom. The molecule has 2 aromatic carbocycles. The van der Waals surface area contributed by atoms with E-state index in [1.165, 1.54) is 18.0 Å². The monoisotopic (exact) mass is 416 g/mol. The topological polar surface area (TPSA) is 58.0 Å². The molecule has 28 heavy (non-hydrogen) atoms. The summed E-state index contributed by atoms with van der Waals surface area (Å²) in [5.41, 5.74) is 2.06. The van der Waals surface area contributed by atoms with E-state index in [2.05, 4.69) is 33.3 Å². The molecule has 0 radical (unpaired) electrons. The summed E-state index contributed by atoms with van der Waals surface area (Å²) in [5.74, 6) is 0.351. The van der Waals surface area contributed by atoms with Crippen LogP contribution in [0, 0.1) is 5.82 Å². The van der Waals surface area contributed by atoms with Gasteiger partial charge in [-0.05, 0) is 55.4 Å². The normalized spacial score (nSPS) is 15.0. The van der Waals surface area contributed by atoms with E-state index in [0.29, 0.717) is 34.7 Å². The van der Waals surface area contributed by atoms with Gasteiger partial charge in [0.05, 0.1) is 22.2 Å². The lowest BCUT2D eigenvalue weighted by molar-refractivity contribution is 0.443. The highest BCUT2D eigenvalue weighted by Crippen LogP contribution is 2.42. The van der Waals surface area contributed by atoms with E-state index in [4.69, 9.17) is 16.3 Å². The minimum absolute atomic E-state index is 0.0483. The van der Waals surface area contributed by atoms with Gasteiger partial charge < -0.3 is 10.1 Å². The zero-order chi connectivity index (χ0) is 20.1. The predicted octanol–water partition coefficient (Wildman–Crippen LogP) is 5.81. The second kappa shape index (κ2) is 8.95. The molecule has 0 bridgehead atoms. The first kappa shape index (κ1) is 20.0. The summed E-state index contributed by atoms with van der Waals surface area (Å²) in [6.07, 6.45) is 1.70. The molecule has 0 saturated carbocycles. The highest BCUT2D eigenvalue weighted by molar-refractivity contribution is 7.98. The van der Waals surface area contributed by atoms with Gasteiger partial charge in [-0.15, -0.1) is 0 Å². The number of fused-ring (bicyclic) bond motifs is 1. The van der Waals surface area contributed by atoms with Crippen molar-refractivity contribution in [2.45, 2.75) is 11.8 Å². The van der Waals surface area contributed by atoms with Crippen LogP contribution in [0.4, 0.5) is 10.1 Å². The van der Waals surface area contributed by atoms with E-state index < -0.39 is 5.82 Å². The average molecular weight is 417 g/mol. The predicted molar refractivity (Wildman–Crippen MR) is 115 cm³/mol.